The lowest BCUT2D eigenvalue weighted by atomic mass is 10.1. The number of ether oxygens (including phenoxy) is 2. The highest BCUT2D eigenvalue weighted by atomic mass is 32.1. The summed E-state index contributed by atoms with van der Waals surface area (Å²) in [6.45, 7) is 4.74. The van der Waals surface area contributed by atoms with Gasteiger partial charge < -0.3 is 19.5 Å². The minimum Gasteiger partial charge on any atom is -0.475 e. The Hall–Kier alpha value is -1.69. The second-order valence-corrected chi connectivity index (χ2v) is 6.81. The minimum absolute atomic E-state index is 0.121. The van der Waals surface area contributed by atoms with Crippen LogP contribution in [0.15, 0.2) is 16.8 Å². The summed E-state index contributed by atoms with van der Waals surface area (Å²) in [6, 6.07) is 2.19. The van der Waals surface area contributed by atoms with Crippen molar-refractivity contribution in [3.8, 4) is 0 Å². The fourth-order valence-corrected chi connectivity index (χ4v) is 3.61. The Balaban J connectivity index is 0.000000321. The van der Waals surface area contributed by atoms with E-state index in [0.717, 1.165) is 38.4 Å². The number of likely N-dealkylation sites (tertiary alicyclic amines) is 1. The summed E-state index contributed by atoms with van der Waals surface area (Å²) < 4.78 is 42.7. The molecule has 152 valence electrons. The first-order chi connectivity index (χ1) is 12.7. The van der Waals surface area contributed by atoms with E-state index in [-0.39, 0.29) is 12.0 Å². The summed E-state index contributed by atoms with van der Waals surface area (Å²) in [5, 5.41) is 11.0. The van der Waals surface area contributed by atoms with Gasteiger partial charge in [0, 0.05) is 38.7 Å². The molecular formula is C16H21F3N2O5S. The molecule has 2 saturated heterocycles. The van der Waals surface area contributed by atoms with E-state index >= 15 is 0 Å². The van der Waals surface area contributed by atoms with Crippen molar-refractivity contribution in [2.24, 2.45) is 0 Å². The number of morpholine rings is 1. The van der Waals surface area contributed by atoms with Crippen molar-refractivity contribution in [1.82, 2.24) is 9.80 Å². The van der Waals surface area contributed by atoms with Crippen molar-refractivity contribution in [3.05, 3.63) is 22.4 Å². The molecule has 3 rings (SSSR count). The Bertz CT molecular complexity index is 626. The van der Waals surface area contributed by atoms with Crippen LogP contribution in [0, 0.1) is 0 Å². The van der Waals surface area contributed by atoms with E-state index in [4.69, 9.17) is 19.4 Å². The number of carboxylic acid groups (broad SMARTS) is 1. The van der Waals surface area contributed by atoms with Crippen LogP contribution in [0.1, 0.15) is 10.4 Å². The van der Waals surface area contributed by atoms with Gasteiger partial charge in [0.2, 0.25) is 0 Å². The molecule has 2 aliphatic heterocycles. The SMILES string of the molecule is COCCN1CCO[C@H]2CN(C(=O)c3ccsc3)C[C@H]21.O=C(O)C(F)(F)F. The van der Waals surface area contributed by atoms with Crippen LogP contribution in [0.2, 0.25) is 0 Å². The maximum Gasteiger partial charge on any atom is 0.490 e. The molecule has 1 aromatic heterocycles. The summed E-state index contributed by atoms with van der Waals surface area (Å²) in [4.78, 5) is 25.6. The number of carboxylic acids is 1. The van der Waals surface area contributed by atoms with Crippen LogP contribution in [0.5, 0.6) is 0 Å². The summed E-state index contributed by atoms with van der Waals surface area (Å²) in [5.41, 5.74) is 0.789. The zero-order valence-electron chi connectivity index (χ0n) is 14.6. The normalized spacial score (nSPS) is 22.7. The number of hydrogen-bond acceptors (Lipinski definition) is 6. The predicted molar refractivity (Wildman–Crippen MR) is 90.9 cm³/mol. The molecule has 2 fully saturated rings. The number of aliphatic carboxylic acids is 1. The molecule has 11 heteroatoms. The number of carbonyl (C=O) groups is 2. The van der Waals surface area contributed by atoms with E-state index < -0.39 is 12.1 Å². The highest BCUT2D eigenvalue weighted by molar-refractivity contribution is 7.08. The van der Waals surface area contributed by atoms with E-state index in [9.17, 15) is 18.0 Å². The molecule has 0 bridgehead atoms. The molecule has 7 nitrogen and oxygen atoms in total. The first-order valence-electron chi connectivity index (χ1n) is 8.20. The quantitative estimate of drug-likeness (QED) is 0.812. The van der Waals surface area contributed by atoms with Crippen molar-refractivity contribution in [1.29, 1.82) is 0 Å². The Kier molecular flexibility index (Phi) is 7.59. The largest absolute Gasteiger partial charge is 0.490 e. The Morgan fingerprint density at radius 2 is 2.11 bits per heavy atom. The average Bonchev–Trinajstić information content (AvgIpc) is 3.28. The van der Waals surface area contributed by atoms with Crippen molar-refractivity contribution in [3.63, 3.8) is 0 Å². The number of amides is 1. The molecule has 2 aliphatic rings. The molecule has 0 saturated carbocycles. The Labute approximate surface area is 158 Å². The van der Waals surface area contributed by atoms with Gasteiger partial charge in [0.25, 0.3) is 5.91 Å². The number of fused-ring (bicyclic) bond motifs is 1. The lowest BCUT2D eigenvalue weighted by molar-refractivity contribution is -0.192. The number of thiophene rings is 1. The lowest BCUT2D eigenvalue weighted by Crippen LogP contribution is -2.51. The number of nitrogens with zero attached hydrogens (tertiary/aromatic N) is 2. The predicted octanol–water partition coefficient (Wildman–Crippen LogP) is 1.55. The monoisotopic (exact) mass is 410 g/mol. The van der Waals surface area contributed by atoms with Gasteiger partial charge in [-0.05, 0) is 11.4 Å². The van der Waals surface area contributed by atoms with Gasteiger partial charge in [-0.15, -0.1) is 0 Å². The minimum atomic E-state index is -5.08. The van der Waals surface area contributed by atoms with E-state index in [1.54, 1.807) is 18.4 Å². The molecule has 0 unspecified atom stereocenters. The molecule has 0 spiro atoms. The van der Waals surface area contributed by atoms with Gasteiger partial charge in [-0.25, -0.2) is 4.79 Å². The molecule has 1 N–H and O–H groups in total. The first kappa shape index (κ1) is 21.6. The second kappa shape index (κ2) is 9.49. The fraction of sp³-hybridized carbons (Fsp3) is 0.625. The van der Waals surface area contributed by atoms with E-state index in [0.29, 0.717) is 12.6 Å². The number of alkyl halides is 3. The molecule has 2 atom stereocenters. The maximum absolute atomic E-state index is 12.4. The molecule has 1 aromatic rings. The number of carbonyl (C=O) groups excluding carboxylic acids is 1. The topological polar surface area (TPSA) is 79.3 Å². The van der Waals surface area contributed by atoms with E-state index in [2.05, 4.69) is 4.90 Å². The number of hydrogen-bond donors (Lipinski definition) is 1. The van der Waals surface area contributed by atoms with Crippen LogP contribution in [0.25, 0.3) is 0 Å². The third-order valence-corrected chi connectivity index (χ3v) is 4.98. The molecule has 1 amide bonds. The molecule has 27 heavy (non-hydrogen) atoms. The second-order valence-electron chi connectivity index (χ2n) is 6.03. The third-order valence-electron chi connectivity index (χ3n) is 4.30. The third kappa shape index (κ3) is 5.89. The number of methoxy groups -OCH3 is 1. The van der Waals surface area contributed by atoms with Crippen LogP contribution in [0.4, 0.5) is 13.2 Å². The molecule has 0 aliphatic carbocycles. The Morgan fingerprint density at radius 1 is 1.41 bits per heavy atom. The molecule has 3 heterocycles. The lowest BCUT2D eigenvalue weighted by Gasteiger charge is -2.36. The number of rotatable bonds is 4. The standard InChI is InChI=1S/C14H20N2O3S.C2HF3O2/c1-18-5-3-15-4-6-19-13-9-16(8-12(13)15)14(17)11-2-7-20-10-11;3-2(4,5)1(6)7/h2,7,10,12-13H,3-6,8-9H2,1H3;(H,6,7)/t12-,13+;/m1./s1. The van der Waals surface area contributed by atoms with Gasteiger partial charge in [-0.1, -0.05) is 0 Å². The smallest absolute Gasteiger partial charge is 0.475 e. The van der Waals surface area contributed by atoms with Gasteiger partial charge >= 0.3 is 12.1 Å². The molecular weight excluding hydrogens is 389 g/mol. The van der Waals surface area contributed by atoms with Gasteiger partial charge in [-0.2, -0.15) is 24.5 Å². The zero-order chi connectivity index (χ0) is 20.0. The molecule has 0 aromatic carbocycles. The Morgan fingerprint density at radius 3 is 2.67 bits per heavy atom. The average molecular weight is 410 g/mol. The van der Waals surface area contributed by atoms with E-state index in [1.165, 1.54) is 0 Å². The summed E-state index contributed by atoms with van der Waals surface area (Å²) in [7, 11) is 1.72. The summed E-state index contributed by atoms with van der Waals surface area (Å²) in [6.07, 6.45) is -4.94. The van der Waals surface area contributed by atoms with Crippen LogP contribution < -0.4 is 0 Å². The summed E-state index contributed by atoms with van der Waals surface area (Å²) >= 11 is 1.56. The maximum atomic E-state index is 12.4. The fourth-order valence-electron chi connectivity index (χ4n) is 2.98. The highest BCUT2D eigenvalue weighted by Gasteiger charge is 2.41. The first-order valence-corrected chi connectivity index (χ1v) is 9.14. The van der Waals surface area contributed by atoms with Crippen molar-refractivity contribution < 1.29 is 37.3 Å². The van der Waals surface area contributed by atoms with Crippen LogP contribution >= 0.6 is 11.3 Å². The highest BCUT2D eigenvalue weighted by Crippen LogP contribution is 2.24. The van der Waals surface area contributed by atoms with Crippen molar-refractivity contribution in [2.45, 2.75) is 18.3 Å². The van der Waals surface area contributed by atoms with Gasteiger partial charge in [0.05, 0.1) is 30.9 Å². The zero-order valence-corrected chi connectivity index (χ0v) is 15.5. The summed E-state index contributed by atoms with van der Waals surface area (Å²) in [5.74, 6) is -2.64. The van der Waals surface area contributed by atoms with Crippen LogP contribution in [-0.4, -0.2) is 91.6 Å². The van der Waals surface area contributed by atoms with Crippen LogP contribution in [-0.2, 0) is 14.3 Å². The van der Waals surface area contributed by atoms with Gasteiger partial charge in [-0.3, -0.25) is 9.69 Å². The van der Waals surface area contributed by atoms with Crippen molar-refractivity contribution >= 4 is 23.2 Å². The molecule has 0 radical (unpaired) electrons. The van der Waals surface area contributed by atoms with Crippen molar-refractivity contribution in [2.75, 3.05) is 46.5 Å². The van der Waals surface area contributed by atoms with E-state index in [1.807, 2.05) is 21.7 Å². The van der Waals surface area contributed by atoms with Crippen LogP contribution in [0.3, 0.4) is 0 Å². The number of halogens is 3. The van der Waals surface area contributed by atoms with Gasteiger partial charge in [0.15, 0.2) is 0 Å². The van der Waals surface area contributed by atoms with Gasteiger partial charge in [0.1, 0.15) is 0 Å².